The summed E-state index contributed by atoms with van der Waals surface area (Å²) in [5.41, 5.74) is 1.77. The maximum Gasteiger partial charge on any atom is 0.185 e. The van der Waals surface area contributed by atoms with E-state index in [1.165, 1.54) is 0 Å². The first-order valence-electron chi connectivity index (χ1n) is 9.49. The minimum Gasteiger partial charge on any atom is -0.488 e. The molecule has 0 aromatic heterocycles. The Kier molecular flexibility index (Phi) is 6.55. The monoisotopic (exact) mass is 381 g/mol. The van der Waals surface area contributed by atoms with Gasteiger partial charge in [-0.25, -0.2) is 0 Å². The van der Waals surface area contributed by atoms with Gasteiger partial charge in [0.05, 0.1) is 0 Å². The van der Waals surface area contributed by atoms with E-state index in [-0.39, 0.29) is 17.0 Å². The number of rotatable bonds is 6. The molecular weight excluding hydrogens is 350 g/mol. The molecule has 0 aliphatic carbocycles. The second kappa shape index (κ2) is 8.51. The Morgan fingerprint density at radius 3 is 2.04 bits per heavy atom. The molecule has 0 amide bonds. The van der Waals surface area contributed by atoms with Crippen LogP contribution in [0.3, 0.4) is 0 Å². The van der Waals surface area contributed by atoms with Crippen molar-refractivity contribution in [2.75, 3.05) is 12.4 Å². The zero-order chi connectivity index (χ0) is 20.9. The van der Waals surface area contributed by atoms with Gasteiger partial charge in [0.1, 0.15) is 22.7 Å². The van der Waals surface area contributed by atoms with Gasteiger partial charge in [0.25, 0.3) is 0 Å². The molecule has 0 spiro atoms. The summed E-state index contributed by atoms with van der Waals surface area (Å²) in [4.78, 5) is 12.5. The van der Waals surface area contributed by atoms with Crippen LogP contribution in [-0.4, -0.2) is 24.0 Å². The first kappa shape index (κ1) is 21.5. The Bertz CT molecular complexity index is 838. The van der Waals surface area contributed by atoms with Crippen molar-refractivity contribution >= 4 is 17.5 Å². The molecule has 2 aromatic rings. The fourth-order valence-electron chi connectivity index (χ4n) is 2.55. The molecule has 2 aromatic carbocycles. The summed E-state index contributed by atoms with van der Waals surface area (Å²) in [5, 5.41) is 3.04. The van der Waals surface area contributed by atoms with Gasteiger partial charge in [-0.2, -0.15) is 0 Å². The molecule has 0 saturated carbocycles. The third-order valence-corrected chi connectivity index (χ3v) is 3.70. The molecule has 0 fully saturated rings. The van der Waals surface area contributed by atoms with Gasteiger partial charge in [0.2, 0.25) is 0 Å². The normalized spacial score (nSPS) is 12.1. The molecule has 0 aliphatic rings. The number of carbonyl (C=O) groups excluding carboxylic acids is 1. The number of benzene rings is 2. The van der Waals surface area contributed by atoms with E-state index in [0.717, 1.165) is 17.0 Å². The number of nitrogens with one attached hydrogen (secondary N) is 1. The Morgan fingerprint density at radius 1 is 0.893 bits per heavy atom. The Balaban J connectivity index is 2.28. The van der Waals surface area contributed by atoms with Gasteiger partial charge < -0.3 is 14.8 Å². The van der Waals surface area contributed by atoms with Gasteiger partial charge in [-0.3, -0.25) is 4.79 Å². The lowest BCUT2D eigenvalue weighted by Crippen LogP contribution is -2.24. The molecule has 0 saturated heterocycles. The predicted octanol–water partition coefficient (Wildman–Crippen LogP) is 5.98. The van der Waals surface area contributed by atoms with Crippen LogP contribution in [0, 0.1) is 0 Å². The quantitative estimate of drug-likeness (QED) is 0.494. The van der Waals surface area contributed by atoms with Crippen LogP contribution < -0.4 is 14.8 Å². The first-order chi connectivity index (χ1) is 13.0. The summed E-state index contributed by atoms with van der Waals surface area (Å²) in [5.74, 6) is 1.36. The van der Waals surface area contributed by atoms with Crippen molar-refractivity contribution in [2.45, 2.75) is 52.7 Å². The minimum atomic E-state index is -0.365. The molecule has 4 nitrogen and oxygen atoms in total. The molecule has 0 heterocycles. The maximum absolute atomic E-state index is 12.5. The summed E-state index contributed by atoms with van der Waals surface area (Å²) in [6.07, 6.45) is 3.36. The van der Waals surface area contributed by atoms with Gasteiger partial charge in [-0.15, -0.1) is 0 Å². The minimum absolute atomic E-state index is 0.0561. The molecule has 0 bridgehead atoms. The van der Waals surface area contributed by atoms with Crippen molar-refractivity contribution < 1.29 is 14.3 Å². The van der Waals surface area contributed by atoms with E-state index in [0.29, 0.717) is 11.3 Å². The summed E-state index contributed by atoms with van der Waals surface area (Å²) >= 11 is 0. The highest BCUT2D eigenvalue weighted by Gasteiger charge is 2.17. The largest absolute Gasteiger partial charge is 0.488 e. The zero-order valence-corrected chi connectivity index (χ0v) is 17.9. The summed E-state index contributed by atoms with van der Waals surface area (Å²) in [7, 11) is 1.85. The summed E-state index contributed by atoms with van der Waals surface area (Å²) < 4.78 is 12.1. The average molecular weight is 382 g/mol. The lowest BCUT2D eigenvalue weighted by molar-refractivity contribution is 0.104. The number of ketones is 1. The number of hydrogen-bond acceptors (Lipinski definition) is 4. The van der Waals surface area contributed by atoms with E-state index in [9.17, 15) is 4.79 Å². The van der Waals surface area contributed by atoms with Crippen LogP contribution >= 0.6 is 0 Å². The molecule has 4 heteroatoms. The molecule has 0 aliphatic heterocycles. The highest BCUT2D eigenvalue weighted by Crippen LogP contribution is 2.31. The topological polar surface area (TPSA) is 47.6 Å². The Labute approximate surface area is 168 Å². The smallest absolute Gasteiger partial charge is 0.185 e. The molecule has 150 valence electrons. The van der Waals surface area contributed by atoms with E-state index < -0.39 is 0 Å². The molecular formula is C24H31NO3. The zero-order valence-electron chi connectivity index (χ0n) is 17.9. The molecule has 1 N–H and O–H groups in total. The van der Waals surface area contributed by atoms with Gasteiger partial charge in [0, 0.05) is 29.9 Å². The second-order valence-electron chi connectivity index (χ2n) is 8.65. The van der Waals surface area contributed by atoms with E-state index >= 15 is 0 Å². The van der Waals surface area contributed by atoms with Gasteiger partial charge >= 0.3 is 0 Å². The highest BCUT2D eigenvalue weighted by atomic mass is 16.5. The van der Waals surface area contributed by atoms with Crippen molar-refractivity contribution in [2.24, 2.45) is 0 Å². The van der Waals surface area contributed by atoms with Crippen LogP contribution in [0.25, 0.3) is 6.08 Å². The van der Waals surface area contributed by atoms with Gasteiger partial charge in [-0.1, -0.05) is 0 Å². The van der Waals surface area contributed by atoms with Crippen LogP contribution in [-0.2, 0) is 0 Å². The van der Waals surface area contributed by atoms with Crippen LogP contribution in [0.4, 0.5) is 5.69 Å². The van der Waals surface area contributed by atoms with Crippen molar-refractivity contribution in [3.63, 3.8) is 0 Å². The van der Waals surface area contributed by atoms with Crippen molar-refractivity contribution in [1.29, 1.82) is 0 Å². The fourth-order valence-corrected chi connectivity index (χ4v) is 2.55. The lowest BCUT2D eigenvalue weighted by atomic mass is 10.1. The molecule has 0 unspecified atom stereocenters. The number of allylic oxidation sites excluding steroid dienone is 1. The highest BCUT2D eigenvalue weighted by molar-refractivity contribution is 6.07. The van der Waals surface area contributed by atoms with Crippen molar-refractivity contribution in [3.8, 4) is 11.5 Å². The van der Waals surface area contributed by atoms with Crippen molar-refractivity contribution in [1.82, 2.24) is 0 Å². The van der Waals surface area contributed by atoms with Crippen molar-refractivity contribution in [3.05, 3.63) is 59.7 Å². The van der Waals surface area contributed by atoms with E-state index in [4.69, 9.17) is 9.47 Å². The lowest BCUT2D eigenvalue weighted by Gasteiger charge is -2.25. The summed E-state index contributed by atoms with van der Waals surface area (Å²) in [6, 6.07) is 13.1. The second-order valence-corrected chi connectivity index (χ2v) is 8.65. The van der Waals surface area contributed by atoms with Crippen LogP contribution in [0.1, 0.15) is 57.5 Å². The third kappa shape index (κ3) is 6.76. The molecule has 0 atom stereocenters. The fraction of sp³-hybridized carbons (Fsp3) is 0.375. The standard InChI is InChI=1S/C24H31NO3/c1-23(2,3)27-20-14-10-18(22(16-20)28-24(4,5)6)11-15-21(26)17-8-12-19(25-7)13-9-17/h8-16,25H,1-7H3/b15-11+. The average Bonchev–Trinajstić information content (AvgIpc) is 2.58. The van der Waals surface area contributed by atoms with E-state index in [2.05, 4.69) is 5.32 Å². The molecule has 0 radical (unpaired) electrons. The molecule has 28 heavy (non-hydrogen) atoms. The number of anilines is 1. The molecule has 2 rings (SSSR count). The predicted molar refractivity (Wildman–Crippen MR) is 117 cm³/mol. The first-order valence-corrected chi connectivity index (χ1v) is 9.49. The maximum atomic E-state index is 12.5. The van der Waals surface area contributed by atoms with Gasteiger partial charge in [0.15, 0.2) is 5.78 Å². The SMILES string of the molecule is CNc1ccc(C(=O)/C=C/c2ccc(OC(C)(C)C)cc2OC(C)(C)C)cc1. The Hall–Kier alpha value is -2.75. The van der Waals surface area contributed by atoms with Crippen LogP contribution in [0.15, 0.2) is 48.5 Å². The van der Waals surface area contributed by atoms with E-state index in [1.54, 1.807) is 12.2 Å². The van der Waals surface area contributed by atoms with Crippen LogP contribution in [0.2, 0.25) is 0 Å². The van der Waals surface area contributed by atoms with Crippen LogP contribution in [0.5, 0.6) is 11.5 Å². The number of carbonyl (C=O) groups is 1. The van der Waals surface area contributed by atoms with Gasteiger partial charge in [-0.05, 0) is 90.1 Å². The number of hydrogen-bond donors (Lipinski definition) is 1. The number of ether oxygens (including phenoxy) is 2. The third-order valence-electron chi connectivity index (χ3n) is 3.70. The summed E-state index contributed by atoms with van der Waals surface area (Å²) in [6.45, 7) is 12.0. The Morgan fingerprint density at radius 2 is 1.50 bits per heavy atom. The van der Waals surface area contributed by atoms with E-state index in [1.807, 2.05) is 91.1 Å².